The zero-order valence-electron chi connectivity index (χ0n) is 16.9. The molecular formula is C21H22N4O5. The molecule has 1 saturated heterocycles. The molecule has 2 N–H and O–H groups in total. The van der Waals surface area contributed by atoms with Gasteiger partial charge in [-0.05, 0) is 49.1 Å². The van der Waals surface area contributed by atoms with Crippen molar-refractivity contribution in [2.45, 2.75) is 32.7 Å². The smallest absolute Gasteiger partial charge is 0.324 e. The number of hydrogen-bond acceptors (Lipinski definition) is 5. The molecule has 0 aromatic heterocycles. The molecule has 2 aromatic carbocycles. The van der Waals surface area contributed by atoms with Crippen molar-refractivity contribution in [3.05, 3.63) is 69.3 Å². The first-order valence-electron chi connectivity index (χ1n) is 9.44. The monoisotopic (exact) mass is 410 g/mol. The Morgan fingerprint density at radius 3 is 2.47 bits per heavy atom. The molecule has 9 nitrogen and oxygen atoms in total. The Kier molecular flexibility index (Phi) is 5.55. The van der Waals surface area contributed by atoms with Crippen molar-refractivity contribution in [3.63, 3.8) is 0 Å². The quantitative estimate of drug-likeness (QED) is 0.431. The van der Waals surface area contributed by atoms with Crippen LogP contribution >= 0.6 is 0 Å². The number of hydrogen-bond donors (Lipinski definition) is 2. The summed E-state index contributed by atoms with van der Waals surface area (Å²) in [5.41, 5.74) is 1.37. The number of nitro benzene ring substituents is 1. The third-order valence-electron chi connectivity index (χ3n) is 5.24. The van der Waals surface area contributed by atoms with Gasteiger partial charge in [0.1, 0.15) is 12.1 Å². The maximum Gasteiger partial charge on any atom is 0.325 e. The van der Waals surface area contributed by atoms with E-state index in [4.69, 9.17) is 0 Å². The molecule has 1 atom stereocenters. The fourth-order valence-corrected chi connectivity index (χ4v) is 3.48. The van der Waals surface area contributed by atoms with E-state index in [-0.39, 0.29) is 5.69 Å². The molecule has 4 amide bonds. The highest BCUT2D eigenvalue weighted by Crippen LogP contribution is 2.30. The number of carbonyl (C=O) groups is 3. The van der Waals surface area contributed by atoms with Crippen LogP contribution in [0.5, 0.6) is 0 Å². The molecule has 156 valence electrons. The average Bonchev–Trinajstić information content (AvgIpc) is 2.93. The first-order valence-corrected chi connectivity index (χ1v) is 9.44. The second-order valence-electron chi connectivity index (χ2n) is 7.26. The molecule has 0 aliphatic carbocycles. The summed E-state index contributed by atoms with van der Waals surface area (Å²) in [7, 11) is 0. The van der Waals surface area contributed by atoms with Gasteiger partial charge in [-0.3, -0.25) is 24.6 Å². The van der Waals surface area contributed by atoms with Gasteiger partial charge in [0.2, 0.25) is 5.91 Å². The Balaban J connectivity index is 1.78. The minimum absolute atomic E-state index is 0.125. The molecule has 1 aliphatic rings. The minimum Gasteiger partial charge on any atom is -0.324 e. The van der Waals surface area contributed by atoms with Gasteiger partial charge in [-0.2, -0.15) is 0 Å². The molecule has 1 fully saturated rings. The molecule has 3 rings (SSSR count). The summed E-state index contributed by atoms with van der Waals surface area (Å²) in [6.07, 6.45) is 0.721. The highest BCUT2D eigenvalue weighted by atomic mass is 16.6. The third kappa shape index (κ3) is 3.73. The lowest BCUT2D eigenvalue weighted by molar-refractivity contribution is -0.384. The van der Waals surface area contributed by atoms with Gasteiger partial charge in [0.15, 0.2) is 0 Å². The molecule has 30 heavy (non-hydrogen) atoms. The summed E-state index contributed by atoms with van der Waals surface area (Å²) in [5, 5.41) is 16.2. The van der Waals surface area contributed by atoms with E-state index in [1.165, 1.54) is 31.2 Å². The highest BCUT2D eigenvalue weighted by molar-refractivity contribution is 6.10. The number of nitrogens with zero attached hydrogens (tertiary/aromatic N) is 2. The van der Waals surface area contributed by atoms with Gasteiger partial charge in [0.25, 0.3) is 11.6 Å². The number of aryl methyl sites for hydroxylation is 2. The van der Waals surface area contributed by atoms with E-state index in [0.29, 0.717) is 11.3 Å². The second kappa shape index (κ2) is 7.94. The van der Waals surface area contributed by atoms with E-state index < -0.39 is 34.9 Å². The predicted octanol–water partition coefficient (Wildman–Crippen LogP) is 2.87. The number of imide groups is 1. The Hall–Kier alpha value is -3.75. The van der Waals surface area contributed by atoms with Crippen LogP contribution in [0.4, 0.5) is 16.2 Å². The predicted molar refractivity (Wildman–Crippen MR) is 110 cm³/mol. The van der Waals surface area contributed by atoms with Crippen LogP contribution in [0, 0.1) is 17.0 Å². The van der Waals surface area contributed by atoms with Crippen molar-refractivity contribution in [1.82, 2.24) is 10.2 Å². The number of para-hydroxylation sites is 1. The summed E-state index contributed by atoms with van der Waals surface area (Å²) in [4.78, 5) is 49.1. The second-order valence-corrected chi connectivity index (χ2v) is 7.26. The number of anilines is 1. The lowest BCUT2D eigenvalue weighted by Crippen LogP contribution is -2.42. The van der Waals surface area contributed by atoms with Gasteiger partial charge in [-0.1, -0.05) is 25.1 Å². The van der Waals surface area contributed by atoms with Crippen LogP contribution in [-0.2, 0) is 21.5 Å². The molecule has 0 saturated carbocycles. The summed E-state index contributed by atoms with van der Waals surface area (Å²) < 4.78 is 0. The number of benzene rings is 2. The number of rotatable bonds is 6. The first-order chi connectivity index (χ1) is 14.2. The number of amides is 4. The Labute approximate surface area is 173 Å². The van der Waals surface area contributed by atoms with E-state index in [1.54, 1.807) is 0 Å². The lowest BCUT2D eigenvalue weighted by atomic mass is 9.92. The van der Waals surface area contributed by atoms with E-state index in [9.17, 15) is 24.5 Å². The third-order valence-corrected chi connectivity index (χ3v) is 5.24. The molecule has 1 heterocycles. The van der Waals surface area contributed by atoms with Crippen LogP contribution in [0.25, 0.3) is 0 Å². The average molecular weight is 410 g/mol. The molecule has 0 radical (unpaired) electrons. The van der Waals surface area contributed by atoms with Crippen LogP contribution in [0.3, 0.4) is 0 Å². The van der Waals surface area contributed by atoms with Crippen molar-refractivity contribution in [3.8, 4) is 0 Å². The molecule has 0 bridgehead atoms. The molecule has 1 aliphatic heterocycles. The van der Waals surface area contributed by atoms with E-state index in [2.05, 4.69) is 10.6 Å². The SMILES string of the molecule is CCc1cccc(C)c1NC(=O)CN1C(=O)N[C@@](C)(c2ccc([N+](=O)[O-])cc2)C1=O. The lowest BCUT2D eigenvalue weighted by Gasteiger charge is -2.22. The number of nitrogens with one attached hydrogen (secondary N) is 2. The van der Waals surface area contributed by atoms with Gasteiger partial charge in [0, 0.05) is 17.8 Å². The van der Waals surface area contributed by atoms with Crippen molar-refractivity contribution in [2.75, 3.05) is 11.9 Å². The van der Waals surface area contributed by atoms with Gasteiger partial charge >= 0.3 is 6.03 Å². The van der Waals surface area contributed by atoms with Crippen LogP contribution in [0.15, 0.2) is 42.5 Å². The summed E-state index contributed by atoms with van der Waals surface area (Å²) in [6.45, 7) is 4.90. The van der Waals surface area contributed by atoms with Gasteiger partial charge in [0.05, 0.1) is 4.92 Å². The molecule has 2 aromatic rings. The van der Waals surface area contributed by atoms with Crippen LogP contribution in [0.1, 0.15) is 30.5 Å². The maximum atomic E-state index is 13.0. The van der Waals surface area contributed by atoms with Crippen molar-refractivity contribution < 1.29 is 19.3 Å². The van der Waals surface area contributed by atoms with Crippen molar-refractivity contribution in [2.24, 2.45) is 0 Å². The number of carbonyl (C=O) groups excluding carboxylic acids is 3. The van der Waals surface area contributed by atoms with Crippen molar-refractivity contribution >= 4 is 29.2 Å². The Morgan fingerprint density at radius 1 is 1.20 bits per heavy atom. The number of nitro groups is 1. The first kappa shape index (κ1) is 21.0. The Morgan fingerprint density at radius 2 is 1.87 bits per heavy atom. The summed E-state index contributed by atoms with van der Waals surface area (Å²) in [6, 6.07) is 10.3. The van der Waals surface area contributed by atoms with Crippen LogP contribution < -0.4 is 10.6 Å². The standard InChI is InChI=1S/C21H22N4O5/c1-4-14-7-5-6-13(2)18(14)22-17(26)12-24-19(27)21(3,23-20(24)28)15-8-10-16(11-9-15)25(29)30/h5-11H,4,12H2,1-3H3,(H,22,26)(H,23,28)/t21-/m0/s1. The van der Waals surface area contributed by atoms with Crippen molar-refractivity contribution in [1.29, 1.82) is 0 Å². The molecule has 0 spiro atoms. The fraction of sp³-hybridized carbons (Fsp3) is 0.286. The topological polar surface area (TPSA) is 122 Å². The van der Waals surface area contributed by atoms with Gasteiger partial charge in [-0.15, -0.1) is 0 Å². The highest BCUT2D eigenvalue weighted by Gasteiger charge is 2.49. The fourth-order valence-electron chi connectivity index (χ4n) is 3.48. The normalized spacial score (nSPS) is 18.3. The van der Waals surface area contributed by atoms with E-state index >= 15 is 0 Å². The molecular weight excluding hydrogens is 388 g/mol. The van der Waals surface area contributed by atoms with Gasteiger partial charge in [-0.25, -0.2) is 4.79 Å². The maximum absolute atomic E-state index is 13.0. The molecule has 0 unspecified atom stereocenters. The van der Waals surface area contributed by atoms with Gasteiger partial charge < -0.3 is 10.6 Å². The zero-order valence-corrected chi connectivity index (χ0v) is 16.9. The zero-order chi connectivity index (χ0) is 22.1. The van der Waals surface area contributed by atoms with Crippen LogP contribution in [0.2, 0.25) is 0 Å². The summed E-state index contributed by atoms with van der Waals surface area (Å²) in [5.74, 6) is -1.09. The largest absolute Gasteiger partial charge is 0.325 e. The minimum atomic E-state index is -1.41. The van der Waals surface area contributed by atoms with Crippen LogP contribution in [-0.4, -0.2) is 34.2 Å². The molecule has 9 heteroatoms. The van der Waals surface area contributed by atoms with E-state index in [1.807, 2.05) is 32.0 Å². The van der Waals surface area contributed by atoms with E-state index in [0.717, 1.165) is 22.4 Å². The summed E-state index contributed by atoms with van der Waals surface area (Å²) >= 11 is 0. The number of urea groups is 1. The number of non-ortho nitro benzene ring substituents is 1. The Bertz CT molecular complexity index is 1030.